The fourth-order valence-corrected chi connectivity index (χ4v) is 2.26. The van der Waals surface area contributed by atoms with Gasteiger partial charge in [-0.2, -0.15) is 0 Å². The highest BCUT2D eigenvalue weighted by Gasteiger charge is 2.15. The number of pyridine rings is 1. The second-order valence-electron chi connectivity index (χ2n) is 4.46. The van der Waals surface area contributed by atoms with Crippen molar-refractivity contribution in [2.45, 2.75) is 6.92 Å². The Morgan fingerprint density at radius 2 is 1.95 bits per heavy atom. The monoisotopic (exact) mass is 296 g/mol. The molecule has 0 aliphatic heterocycles. The van der Waals surface area contributed by atoms with E-state index in [2.05, 4.69) is 20.4 Å². The number of aryl methyl sites for hydroxylation is 1. The molecule has 0 unspecified atom stereocenters. The molecule has 0 atom stereocenters. The van der Waals surface area contributed by atoms with Gasteiger partial charge in [-0.05, 0) is 23.8 Å². The van der Waals surface area contributed by atoms with Crippen LogP contribution in [-0.2, 0) is 0 Å². The minimum absolute atomic E-state index is 0.258. The summed E-state index contributed by atoms with van der Waals surface area (Å²) in [5.41, 5.74) is 8.23. The molecule has 0 aliphatic carbocycles. The molecule has 0 fully saturated rings. The molecule has 0 bridgehead atoms. The van der Waals surface area contributed by atoms with Gasteiger partial charge in [0.2, 0.25) is 5.82 Å². The predicted octanol–water partition coefficient (Wildman–Crippen LogP) is 1.67. The van der Waals surface area contributed by atoms with Crippen LogP contribution in [0.1, 0.15) is 11.1 Å². The Labute approximate surface area is 126 Å². The highest BCUT2D eigenvalue weighted by atomic mass is 32.1. The van der Waals surface area contributed by atoms with Crippen LogP contribution in [0.4, 0.5) is 0 Å². The SMILES string of the molecule is Cc1ccnc(-n2nnc(-c3ccccc3)n2)c1C(N)=S. The number of tetrazole rings is 1. The lowest BCUT2D eigenvalue weighted by atomic mass is 10.1. The number of hydrogen-bond donors (Lipinski definition) is 1. The van der Waals surface area contributed by atoms with Crippen LogP contribution in [0.5, 0.6) is 0 Å². The molecule has 2 aromatic heterocycles. The van der Waals surface area contributed by atoms with Crippen molar-refractivity contribution in [3.63, 3.8) is 0 Å². The van der Waals surface area contributed by atoms with Crippen molar-refractivity contribution in [1.82, 2.24) is 25.2 Å². The van der Waals surface area contributed by atoms with Crippen LogP contribution in [-0.4, -0.2) is 30.2 Å². The molecule has 1 aromatic carbocycles. The second-order valence-corrected chi connectivity index (χ2v) is 4.90. The summed E-state index contributed by atoms with van der Waals surface area (Å²) in [7, 11) is 0. The van der Waals surface area contributed by atoms with Gasteiger partial charge in [0.05, 0.1) is 5.56 Å². The molecule has 2 N–H and O–H groups in total. The first-order valence-electron chi connectivity index (χ1n) is 6.28. The average molecular weight is 296 g/mol. The van der Waals surface area contributed by atoms with Gasteiger partial charge in [-0.15, -0.1) is 15.0 Å². The quantitative estimate of drug-likeness (QED) is 0.740. The summed E-state index contributed by atoms with van der Waals surface area (Å²) in [4.78, 5) is 5.88. The van der Waals surface area contributed by atoms with Crippen LogP contribution in [0.2, 0.25) is 0 Å². The van der Waals surface area contributed by atoms with Crippen LogP contribution in [0.15, 0.2) is 42.6 Å². The number of rotatable bonds is 3. The van der Waals surface area contributed by atoms with Gasteiger partial charge < -0.3 is 5.73 Å². The largest absolute Gasteiger partial charge is 0.389 e. The van der Waals surface area contributed by atoms with Crippen molar-refractivity contribution >= 4 is 17.2 Å². The Bertz CT molecular complexity index is 796. The topological polar surface area (TPSA) is 82.5 Å². The van der Waals surface area contributed by atoms with Gasteiger partial charge in [-0.1, -0.05) is 42.5 Å². The Morgan fingerprint density at radius 3 is 2.67 bits per heavy atom. The molecule has 0 saturated heterocycles. The van der Waals surface area contributed by atoms with E-state index in [1.807, 2.05) is 43.3 Å². The van der Waals surface area contributed by atoms with Gasteiger partial charge in [-0.25, -0.2) is 4.98 Å². The summed E-state index contributed by atoms with van der Waals surface area (Å²) >= 11 is 5.09. The predicted molar refractivity (Wildman–Crippen MR) is 83.0 cm³/mol. The number of thiocarbonyl (C=S) groups is 1. The third-order valence-corrected chi connectivity index (χ3v) is 3.22. The minimum Gasteiger partial charge on any atom is -0.389 e. The van der Waals surface area contributed by atoms with Crippen molar-refractivity contribution in [3.8, 4) is 17.2 Å². The molecule has 6 nitrogen and oxygen atoms in total. The van der Waals surface area contributed by atoms with Crippen LogP contribution in [0.25, 0.3) is 17.2 Å². The number of nitrogens with zero attached hydrogens (tertiary/aromatic N) is 5. The lowest BCUT2D eigenvalue weighted by Gasteiger charge is -2.07. The highest BCUT2D eigenvalue weighted by molar-refractivity contribution is 7.80. The van der Waals surface area contributed by atoms with Gasteiger partial charge in [0.25, 0.3) is 0 Å². The molecular weight excluding hydrogens is 284 g/mol. The van der Waals surface area contributed by atoms with Crippen LogP contribution < -0.4 is 5.73 Å². The first-order chi connectivity index (χ1) is 10.2. The summed E-state index contributed by atoms with van der Waals surface area (Å²) in [6.45, 7) is 1.91. The lowest BCUT2D eigenvalue weighted by molar-refractivity contribution is 0.698. The molecule has 2 heterocycles. The van der Waals surface area contributed by atoms with E-state index in [9.17, 15) is 0 Å². The van der Waals surface area contributed by atoms with Gasteiger partial charge in [-0.3, -0.25) is 0 Å². The van der Waals surface area contributed by atoms with Crippen molar-refractivity contribution in [3.05, 3.63) is 53.7 Å². The van der Waals surface area contributed by atoms with Gasteiger partial charge in [0.1, 0.15) is 4.99 Å². The Kier molecular flexibility index (Phi) is 3.41. The van der Waals surface area contributed by atoms with Crippen LogP contribution >= 0.6 is 12.2 Å². The zero-order valence-corrected chi connectivity index (χ0v) is 12.1. The third kappa shape index (κ3) is 2.50. The van der Waals surface area contributed by atoms with Crippen LogP contribution in [0, 0.1) is 6.92 Å². The fraction of sp³-hybridized carbons (Fsp3) is 0.0714. The summed E-state index contributed by atoms with van der Waals surface area (Å²) in [5, 5.41) is 12.4. The van der Waals surface area contributed by atoms with E-state index in [1.54, 1.807) is 6.20 Å². The third-order valence-electron chi connectivity index (χ3n) is 3.02. The van der Waals surface area contributed by atoms with Gasteiger partial charge >= 0.3 is 0 Å². The van der Waals surface area contributed by atoms with Crippen LogP contribution in [0.3, 0.4) is 0 Å². The van der Waals surface area contributed by atoms with E-state index >= 15 is 0 Å². The molecule has 3 rings (SSSR count). The van der Waals surface area contributed by atoms with Crippen molar-refractivity contribution in [2.75, 3.05) is 0 Å². The molecule has 21 heavy (non-hydrogen) atoms. The first kappa shape index (κ1) is 13.3. The molecule has 0 saturated carbocycles. The molecule has 104 valence electrons. The number of nitrogens with two attached hydrogens (primary N) is 1. The van der Waals surface area contributed by atoms with Crippen molar-refractivity contribution in [1.29, 1.82) is 0 Å². The zero-order chi connectivity index (χ0) is 14.8. The summed E-state index contributed by atoms with van der Waals surface area (Å²) < 4.78 is 0. The number of aromatic nitrogens is 5. The normalized spacial score (nSPS) is 10.5. The maximum Gasteiger partial charge on any atom is 0.205 e. The van der Waals surface area contributed by atoms with E-state index in [1.165, 1.54) is 4.80 Å². The fourth-order valence-electron chi connectivity index (χ4n) is 2.01. The van der Waals surface area contributed by atoms with E-state index in [4.69, 9.17) is 18.0 Å². The minimum atomic E-state index is 0.258. The van der Waals surface area contributed by atoms with Crippen molar-refractivity contribution in [2.24, 2.45) is 5.73 Å². The average Bonchev–Trinajstić information content (AvgIpc) is 2.97. The summed E-state index contributed by atoms with van der Waals surface area (Å²) in [6.07, 6.45) is 1.66. The smallest absolute Gasteiger partial charge is 0.205 e. The standard InChI is InChI=1S/C14H12N6S/c1-9-7-8-16-14(11(9)12(15)21)20-18-13(17-19-20)10-5-3-2-4-6-10/h2-8H,1H3,(H2,15,21). The molecule has 0 spiro atoms. The van der Waals surface area contributed by atoms with E-state index in [0.717, 1.165) is 11.1 Å². The van der Waals surface area contributed by atoms with Gasteiger partial charge in [0, 0.05) is 11.8 Å². The molecule has 7 heteroatoms. The number of benzene rings is 1. The molecular formula is C14H12N6S. The molecule has 0 radical (unpaired) electrons. The molecule has 0 amide bonds. The maximum atomic E-state index is 5.77. The summed E-state index contributed by atoms with van der Waals surface area (Å²) in [5.74, 6) is 1.00. The second kappa shape index (κ2) is 5.37. The van der Waals surface area contributed by atoms with E-state index in [0.29, 0.717) is 17.2 Å². The Hall–Kier alpha value is -2.67. The van der Waals surface area contributed by atoms with E-state index in [-0.39, 0.29) is 4.99 Å². The summed E-state index contributed by atoms with van der Waals surface area (Å²) in [6, 6.07) is 11.4. The lowest BCUT2D eigenvalue weighted by Crippen LogP contribution is -2.17. The Morgan fingerprint density at radius 1 is 1.19 bits per heavy atom. The van der Waals surface area contributed by atoms with Gasteiger partial charge in [0.15, 0.2) is 5.82 Å². The maximum absolute atomic E-state index is 5.77. The highest BCUT2D eigenvalue weighted by Crippen LogP contribution is 2.17. The molecule has 3 aromatic rings. The van der Waals surface area contributed by atoms with Crippen molar-refractivity contribution < 1.29 is 0 Å². The van der Waals surface area contributed by atoms with E-state index < -0.39 is 0 Å². The first-order valence-corrected chi connectivity index (χ1v) is 6.69. The molecule has 0 aliphatic rings. The zero-order valence-electron chi connectivity index (χ0n) is 11.3. The Balaban J connectivity index is 2.09. The number of hydrogen-bond acceptors (Lipinski definition) is 5.